The van der Waals surface area contributed by atoms with Gasteiger partial charge in [-0.2, -0.15) is 0 Å². The van der Waals surface area contributed by atoms with Crippen molar-refractivity contribution in [1.82, 2.24) is 15.0 Å². The number of pyridine rings is 1. The summed E-state index contributed by atoms with van der Waals surface area (Å²) in [6.07, 6.45) is 9.51. The molecule has 4 heterocycles. The summed E-state index contributed by atoms with van der Waals surface area (Å²) < 4.78 is 12.7. The molecule has 9 heteroatoms. The first-order chi connectivity index (χ1) is 15.5. The molecule has 6 rings (SSSR count). The molecule has 3 atom stereocenters. The number of aryl methyl sites for hydroxylation is 1. The van der Waals surface area contributed by atoms with Gasteiger partial charge >= 0.3 is 0 Å². The number of aromatic nitrogens is 3. The van der Waals surface area contributed by atoms with Gasteiger partial charge in [-0.15, -0.1) is 0 Å². The van der Waals surface area contributed by atoms with E-state index in [2.05, 4.69) is 26.3 Å². The first kappa shape index (κ1) is 20.8. The molecule has 0 amide bonds. The Morgan fingerprint density at radius 1 is 1.22 bits per heavy atom. The van der Waals surface area contributed by atoms with E-state index in [9.17, 15) is 9.32 Å². The van der Waals surface area contributed by atoms with Crippen molar-refractivity contribution in [3.8, 4) is 0 Å². The number of rotatable bonds is 5. The molecule has 170 valence electrons. The van der Waals surface area contributed by atoms with Crippen LogP contribution in [0.5, 0.6) is 0 Å². The third kappa shape index (κ3) is 3.42. The maximum atomic E-state index is 12.7. The van der Waals surface area contributed by atoms with Crippen molar-refractivity contribution in [2.24, 2.45) is 11.8 Å². The highest BCUT2D eigenvalue weighted by molar-refractivity contribution is 7.85. The summed E-state index contributed by atoms with van der Waals surface area (Å²) >= 11 is 6.00. The Labute approximate surface area is 195 Å². The van der Waals surface area contributed by atoms with Crippen molar-refractivity contribution < 1.29 is 9.32 Å². The summed E-state index contributed by atoms with van der Waals surface area (Å²) in [6, 6.07) is 2.15. The first-order valence-corrected chi connectivity index (χ1v) is 13.3. The lowest BCUT2D eigenvalue weighted by Crippen LogP contribution is -2.49. The molecule has 2 aliphatic carbocycles. The van der Waals surface area contributed by atoms with E-state index >= 15 is 0 Å². The SMILES string of the molecule is O=[S@]1CCc2cc(N3CC4CCC(C3)C4c3ncc(Cl)cn3)nc(NC3(CO)CCC3)c21. The van der Waals surface area contributed by atoms with E-state index in [-0.39, 0.29) is 12.1 Å². The number of aliphatic hydroxyl groups is 1. The average Bonchev–Trinajstić information content (AvgIpc) is 3.27. The number of halogens is 1. The van der Waals surface area contributed by atoms with Gasteiger partial charge in [-0.05, 0) is 62.0 Å². The van der Waals surface area contributed by atoms with Crippen LogP contribution in [0.1, 0.15) is 49.4 Å². The molecular formula is C23H28ClN5O2S. The lowest BCUT2D eigenvalue weighted by Gasteiger charge is -2.42. The van der Waals surface area contributed by atoms with Crippen LogP contribution in [-0.2, 0) is 17.2 Å². The maximum absolute atomic E-state index is 12.7. The number of anilines is 2. The topological polar surface area (TPSA) is 91.2 Å². The fourth-order valence-corrected chi connectivity index (χ4v) is 7.54. The summed E-state index contributed by atoms with van der Waals surface area (Å²) in [5.74, 6) is 4.61. The number of fused-ring (bicyclic) bond motifs is 3. The summed E-state index contributed by atoms with van der Waals surface area (Å²) in [4.78, 5) is 17.3. The molecule has 2 N–H and O–H groups in total. The molecule has 4 aliphatic rings. The molecule has 32 heavy (non-hydrogen) atoms. The van der Waals surface area contributed by atoms with Gasteiger partial charge in [0.25, 0.3) is 0 Å². The molecule has 2 aromatic heterocycles. The second-order valence-corrected chi connectivity index (χ2v) is 11.8. The Morgan fingerprint density at radius 2 is 1.94 bits per heavy atom. The van der Waals surface area contributed by atoms with Crippen LogP contribution in [0.15, 0.2) is 23.4 Å². The van der Waals surface area contributed by atoms with E-state index in [1.807, 2.05) is 0 Å². The minimum Gasteiger partial charge on any atom is -0.394 e. The fraction of sp³-hybridized carbons (Fsp3) is 0.609. The number of aliphatic hydroxyl groups excluding tert-OH is 1. The zero-order valence-corrected chi connectivity index (χ0v) is 19.5. The lowest BCUT2D eigenvalue weighted by molar-refractivity contribution is 0.143. The number of hydrogen-bond donors (Lipinski definition) is 2. The number of hydrogen-bond acceptors (Lipinski definition) is 7. The van der Waals surface area contributed by atoms with Crippen LogP contribution in [-0.4, -0.2) is 55.3 Å². The van der Waals surface area contributed by atoms with Gasteiger partial charge in [0.1, 0.15) is 17.5 Å². The Morgan fingerprint density at radius 3 is 2.56 bits per heavy atom. The largest absolute Gasteiger partial charge is 0.394 e. The van der Waals surface area contributed by atoms with Crippen molar-refractivity contribution in [2.75, 3.05) is 35.7 Å². The third-order valence-electron chi connectivity index (χ3n) is 7.91. The van der Waals surface area contributed by atoms with E-state index < -0.39 is 10.8 Å². The molecule has 0 aromatic carbocycles. The molecule has 0 radical (unpaired) electrons. The summed E-state index contributed by atoms with van der Waals surface area (Å²) in [5.41, 5.74) is 0.822. The van der Waals surface area contributed by atoms with Gasteiger partial charge in [-0.3, -0.25) is 4.21 Å². The van der Waals surface area contributed by atoms with Crippen LogP contribution in [0.4, 0.5) is 11.6 Å². The minimum absolute atomic E-state index is 0.0803. The van der Waals surface area contributed by atoms with E-state index in [0.717, 1.165) is 66.7 Å². The summed E-state index contributed by atoms with van der Waals surface area (Å²) in [6.45, 7) is 1.93. The standard InChI is InChI=1S/C23H28ClN5O2S/c24-17-9-25-21(26-10-17)19-15-2-3-16(19)12-29(11-15)18-8-14-4-7-32(31)20(14)22(27-18)28-23(13-30)5-1-6-23/h8-10,15-16,19,30H,1-7,11-13H2,(H,27,28)/t15?,16?,19?,32-/m0/s1. The fourth-order valence-electron chi connectivity index (χ4n) is 6.07. The van der Waals surface area contributed by atoms with Crippen LogP contribution in [0.25, 0.3) is 0 Å². The first-order valence-electron chi connectivity index (χ1n) is 11.6. The van der Waals surface area contributed by atoms with E-state index in [1.54, 1.807) is 12.4 Å². The van der Waals surface area contributed by atoms with Crippen LogP contribution < -0.4 is 10.2 Å². The summed E-state index contributed by atoms with van der Waals surface area (Å²) in [5, 5.41) is 14.1. The molecule has 2 unspecified atom stereocenters. The quantitative estimate of drug-likeness (QED) is 0.689. The van der Waals surface area contributed by atoms with Crippen molar-refractivity contribution in [3.05, 3.63) is 34.9 Å². The smallest absolute Gasteiger partial charge is 0.145 e. The second-order valence-electron chi connectivity index (χ2n) is 9.82. The molecule has 7 nitrogen and oxygen atoms in total. The van der Waals surface area contributed by atoms with E-state index in [0.29, 0.717) is 28.5 Å². The molecular weight excluding hydrogens is 446 g/mol. The molecule has 2 aromatic rings. The molecule has 2 bridgehead atoms. The zero-order valence-electron chi connectivity index (χ0n) is 18.0. The highest BCUT2D eigenvalue weighted by atomic mass is 35.5. The summed E-state index contributed by atoms with van der Waals surface area (Å²) in [7, 11) is -1.02. The van der Waals surface area contributed by atoms with Crippen molar-refractivity contribution in [1.29, 1.82) is 0 Å². The van der Waals surface area contributed by atoms with Gasteiger partial charge < -0.3 is 15.3 Å². The normalized spacial score (nSPS) is 30.1. The van der Waals surface area contributed by atoms with Crippen LogP contribution in [0, 0.1) is 11.8 Å². The molecule has 2 aliphatic heterocycles. The third-order valence-corrected chi connectivity index (χ3v) is 9.59. The molecule has 1 saturated heterocycles. The Hall–Kier alpha value is -1.77. The second kappa shape index (κ2) is 7.92. The minimum atomic E-state index is -1.02. The van der Waals surface area contributed by atoms with Gasteiger partial charge in [0.05, 0.1) is 32.9 Å². The number of nitrogens with zero attached hydrogens (tertiary/aromatic N) is 4. The molecule has 2 saturated carbocycles. The van der Waals surface area contributed by atoms with Crippen molar-refractivity contribution >= 4 is 34.0 Å². The molecule has 0 spiro atoms. The van der Waals surface area contributed by atoms with Crippen LogP contribution >= 0.6 is 11.6 Å². The average molecular weight is 474 g/mol. The predicted molar refractivity (Wildman–Crippen MR) is 125 cm³/mol. The predicted octanol–water partition coefficient (Wildman–Crippen LogP) is 3.15. The van der Waals surface area contributed by atoms with Gasteiger partial charge in [0.2, 0.25) is 0 Å². The van der Waals surface area contributed by atoms with Crippen molar-refractivity contribution in [3.63, 3.8) is 0 Å². The van der Waals surface area contributed by atoms with Gasteiger partial charge in [-0.25, -0.2) is 15.0 Å². The lowest BCUT2D eigenvalue weighted by atomic mass is 9.77. The van der Waals surface area contributed by atoms with Gasteiger partial charge in [-0.1, -0.05) is 11.6 Å². The highest BCUT2D eigenvalue weighted by Gasteiger charge is 2.45. The van der Waals surface area contributed by atoms with Crippen LogP contribution in [0.3, 0.4) is 0 Å². The van der Waals surface area contributed by atoms with Crippen LogP contribution in [0.2, 0.25) is 5.02 Å². The molecule has 3 fully saturated rings. The Bertz CT molecular complexity index is 1040. The zero-order chi connectivity index (χ0) is 21.9. The van der Waals surface area contributed by atoms with Gasteiger partial charge in [0, 0.05) is 37.2 Å². The van der Waals surface area contributed by atoms with Gasteiger partial charge in [0.15, 0.2) is 0 Å². The van der Waals surface area contributed by atoms with Crippen molar-refractivity contribution in [2.45, 2.75) is 54.9 Å². The van der Waals surface area contributed by atoms with E-state index in [4.69, 9.17) is 16.6 Å². The Balaban J connectivity index is 1.30. The number of nitrogens with one attached hydrogen (secondary N) is 1. The Kier molecular flexibility index (Phi) is 5.15. The highest BCUT2D eigenvalue weighted by Crippen LogP contribution is 2.48. The monoisotopic (exact) mass is 473 g/mol. The van der Waals surface area contributed by atoms with E-state index in [1.165, 1.54) is 12.8 Å². The number of piperidine rings is 1. The maximum Gasteiger partial charge on any atom is 0.145 e.